The highest BCUT2D eigenvalue weighted by molar-refractivity contribution is 5.77. The molecule has 0 aromatic heterocycles. The van der Waals surface area contributed by atoms with Crippen molar-refractivity contribution in [1.82, 2.24) is 14.7 Å². The summed E-state index contributed by atoms with van der Waals surface area (Å²) in [6.45, 7) is 24.3. The van der Waals surface area contributed by atoms with Gasteiger partial charge in [-0.15, -0.1) is 0 Å². The summed E-state index contributed by atoms with van der Waals surface area (Å²) in [5, 5.41) is 0. The molecule has 3 aliphatic rings. The zero-order valence-electron chi connectivity index (χ0n) is 25.8. The van der Waals surface area contributed by atoms with Crippen LogP contribution in [0.25, 0.3) is 0 Å². The molecule has 0 saturated carbocycles. The van der Waals surface area contributed by atoms with E-state index >= 15 is 0 Å². The summed E-state index contributed by atoms with van der Waals surface area (Å²) in [6.07, 6.45) is 11.5. The van der Waals surface area contributed by atoms with Gasteiger partial charge in [0.25, 0.3) is 0 Å². The lowest BCUT2D eigenvalue weighted by molar-refractivity contribution is -0.141. The van der Waals surface area contributed by atoms with Gasteiger partial charge >= 0.3 is 0 Å². The maximum atomic E-state index is 13.4. The number of carbonyl (C=O) groups is 2. The highest BCUT2D eigenvalue weighted by Gasteiger charge is 2.42. The Bertz CT molecular complexity index is 777. The summed E-state index contributed by atoms with van der Waals surface area (Å²) in [6, 6.07) is 0. The van der Waals surface area contributed by atoms with E-state index in [-0.39, 0.29) is 21.8 Å². The molecule has 0 aromatic carbocycles. The van der Waals surface area contributed by atoms with Crippen molar-refractivity contribution >= 4 is 11.8 Å². The Kier molecular flexibility index (Phi) is 9.84. The molecule has 0 aromatic rings. The normalized spacial score (nSPS) is 24.4. The van der Waals surface area contributed by atoms with E-state index in [9.17, 15) is 9.59 Å². The molecule has 1 spiro atoms. The van der Waals surface area contributed by atoms with Crippen LogP contribution in [0.5, 0.6) is 0 Å². The summed E-state index contributed by atoms with van der Waals surface area (Å²) < 4.78 is 0. The first kappa shape index (κ1) is 30.4. The van der Waals surface area contributed by atoms with E-state index in [1.807, 2.05) is 0 Å². The Morgan fingerprint density at radius 2 is 1.30 bits per heavy atom. The van der Waals surface area contributed by atoms with Gasteiger partial charge in [0.1, 0.15) is 0 Å². The third kappa shape index (κ3) is 8.70. The third-order valence-corrected chi connectivity index (χ3v) is 9.51. The summed E-state index contributed by atoms with van der Waals surface area (Å²) >= 11 is 0. The predicted molar refractivity (Wildman–Crippen MR) is 154 cm³/mol. The number of likely N-dealkylation sites (tertiary alicyclic amines) is 3. The molecule has 1 unspecified atom stereocenters. The van der Waals surface area contributed by atoms with E-state index in [1.54, 1.807) is 0 Å². The van der Waals surface area contributed by atoms with Crippen molar-refractivity contribution in [1.29, 1.82) is 0 Å². The largest absolute Gasteiger partial charge is 0.342 e. The Balaban J connectivity index is 1.54. The van der Waals surface area contributed by atoms with Gasteiger partial charge in [-0.05, 0) is 101 Å². The first-order valence-electron chi connectivity index (χ1n) is 15.4. The molecule has 37 heavy (non-hydrogen) atoms. The highest BCUT2D eigenvalue weighted by atomic mass is 16.2. The average Bonchev–Trinajstić information content (AvgIpc) is 3.32. The molecule has 214 valence electrons. The molecule has 2 amide bonds. The fraction of sp³-hybridized carbons (Fsp3) is 0.938. The van der Waals surface area contributed by atoms with Gasteiger partial charge in [0.05, 0.1) is 0 Å². The minimum Gasteiger partial charge on any atom is -0.342 e. The second kappa shape index (κ2) is 12.0. The number of hydrogen-bond acceptors (Lipinski definition) is 3. The maximum Gasteiger partial charge on any atom is 0.223 e. The van der Waals surface area contributed by atoms with Gasteiger partial charge in [0, 0.05) is 50.0 Å². The van der Waals surface area contributed by atoms with Crippen molar-refractivity contribution in [3.8, 4) is 0 Å². The van der Waals surface area contributed by atoms with Crippen molar-refractivity contribution in [2.45, 2.75) is 132 Å². The van der Waals surface area contributed by atoms with Gasteiger partial charge in [-0.3, -0.25) is 14.5 Å². The second-order valence-corrected chi connectivity index (χ2v) is 15.6. The molecule has 3 rings (SSSR count). The van der Waals surface area contributed by atoms with E-state index in [1.165, 1.54) is 25.9 Å². The average molecular weight is 518 g/mol. The highest BCUT2D eigenvalue weighted by Crippen LogP contribution is 2.41. The van der Waals surface area contributed by atoms with Crippen LogP contribution in [0.4, 0.5) is 0 Å². The summed E-state index contributed by atoms with van der Waals surface area (Å²) in [4.78, 5) is 33.7. The van der Waals surface area contributed by atoms with Gasteiger partial charge in [-0.25, -0.2) is 0 Å². The molecule has 0 radical (unpaired) electrons. The van der Waals surface area contributed by atoms with Crippen LogP contribution in [0.2, 0.25) is 0 Å². The molecule has 0 bridgehead atoms. The fourth-order valence-electron chi connectivity index (χ4n) is 8.17. The Labute approximate surface area is 229 Å². The molecule has 3 fully saturated rings. The molecule has 5 nitrogen and oxygen atoms in total. The number of carbonyl (C=O) groups excluding carboxylic acids is 2. The van der Waals surface area contributed by atoms with E-state index in [0.29, 0.717) is 30.6 Å². The van der Waals surface area contributed by atoms with Crippen LogP contribution in [-0.2, 0) is 9.59 Å². The Morgan fingerprint density at radius 1 is 0.757 bits per heavy atom. The van der Waals surface area contributed by atoms with E-state index in [4.69, 9.17) is 0 Å². The van der Waals surface area contributed by atoms with Gasteiger partial charge in [0.15, 0.2) is 0 Å². The third-order valence-electron chi connectivity index (χ3n) is 9.51. The molecule has 3 heterocycles. The van der Waals surface area contributed by atoms with Crippen molar-refractivity contribution in [2.24, 2.45) is 22.2 Å². The maximum absolute atomic E-state index is 13.4. The SMILES string of the molecule is CC(C)CC(C)(C)CC(=O)N1CCCC2(CCCN(C(=O)CCC(C)(C)CC(C)(C)N3CCCC3)C2)C1. The van der Waals surface area contributed by atoms with Crippen molar-refractivity contribution < 1.29 is 9.59 Å². The number of hydrogen-bond donors (Lipinski definition) is 0. The van der Waals surface area contributed by atoms with Crippen molar-refractivity contribution in [2.75, 3.05) is 39.3 Å². The predicted octanol–water partition coefficient (Wildman–Crippen LogP) is 6.75. The van der Waals surface area contributed by atoms with Gasteiger partial charge in [-0.1, -0.05) is 41.5 Å². The minimum atomic E-state index is 0.0422. The monoisotopic (exact) mass is 517 g/mol. The lowest BCUT2D eigenvalue weighted by Crippen LogP contribution is -2.55. The van der Waals surface area contributed by atoms with E-state index in [2.05, 4.69) is 70.1 Å². The van der Waals surface area contributed by atoms with E-state index in [0.717, 1.165) is 71.1 Å². The standard InChI is InChI=1S/C32H59N3O2/c1-26(2)21-30(5,6)22-28(37)34-18-12-15-32(25-34)14-11-17-33(24-32)27(36)13-16-29(3,4)23-31(7,8)35-19-9-10-20-35/h26H,9-25H2,1-8H3. The zero-order valence-corrected chi connectivity index (χ0v) is 25.8. The van der Waals surface area contributed by atoms with Gasteiger partial charge in [0.2, 0.25) is 11.8 Å². The number of rotatable bonds is 10. The molecule has 3 saturated heterocycles. The summed E-state index contributed by atoms with van der Waals surface area (Å²) in [5.41, 5.74) is 0.476. The molecular formula is C32H59N3O2. The van der Waals surface area contributed by atoms with Crippen LogP contribution in [-0.4, -0.2) is 71.3 Å². The van der Waals surface area contributed by atoms with Crippen LogP contribution in [0, 0.1) is 22.2 Å². The molecule has 0 aliphatic carbocycles. The zero-order chi connectivity index (χ0) is 27.5. The van der Waals surface area contributed by atoms with Crippen molar-refractivity contribution in [3.05, 3.63) is 0 Å². The van der Waals surface area contributed by atoms with Crippen molar-refractivity contribution in [3.63, 3.8) is 0 Å². The fourth-order valence-corrected chi connectivity index (χ4v) is 8.17. The van der Waals surface area contributed by atoms with Crippen LogP contribution < -0.4 is 0 Å². The van der Waals surface area contributed by atoms with Gasteiger partial charge < -0.3 is 9.80 Å². The number of nitrogens with zero attached hydrogens (tertiary/aromatic N) is 3. The van der Waals surface area contributed by atoms with Crippen LogP contribution in [0.15, 0.2) is 0 Å². The molecular weight excluding hydrogens is 458 g/mol. The summed E-state index contributed by atoms with van der Waals surface area (Å²) in [5.74, 6) is 1.24. The first-order valence-corrected chi connectivity index (χ1v) is 15.4. The molecule has 3 aliphatic heterocycles. The van der Waals surface area contributed by atoms with Gasteiger partial charge in [-0.2, -0.15) is 0 Å². The quantitative estimate of drug-likeness (QED) is 0.322. The topological polar surface area (TPSA) is 43.9 Å². The second-order valence-electron chi connectivity index (χ2n) is 15.6. The first-order chi connectivity index (χ1) is 17.1. The number of piperidine rings is 2. The smallest absolute Gasteiger partial charge is 0.223 e. The lowest BCUT2D eigenvalue weighted by atomic mass is 9.73. The summed E-state index contributed by atoms with van der Waals surface area (Å²) in [7, 11) is 0. The molecule has 5 heteroatoms. The minimum absolute atomic E-state index is 0.0422. The Hall–Kier alpha value is -1.10. The Morgan fingerprint density at radius 3 is 1.84 bits per heavy atom. The lowest BCUT2D eigenvalue weighted by Gasteiger charge is -2.49. The van der Waals surface area contributed by atoms with Crippen LogP contribution in [0.3, 0.4) is 0 Å². The molecule has 1 atom stereocenters. The van der Waals surface area contributed by atoms with Crippen LogP contribution in [0.1, 0.15) is 126 Å². The molecule has 0 N–H and O–H groups in total. The number of amides is 2. The van der Waals surface area contributed by atoms with E-state index < -0.39 is 0 Å². The van der Waals surface area contributed by atoms with Crippen LogP contribution >= 0.6 is 0 Å².